The van der Waals surface area contributed by atoms with E-state index in [-0.39, 0.29) is 11.6 Å². The highest BCUT2D eigenvalue weighted by molar-refractivity contribution is 7.17. The second-order valence-electron chi connectivity index (χ2n) is 5.46. The molecule has 4 rings (SSSR count). The molecule has 3 heterocycles. The van der Waals surface area contributed by atoms with Gasteiger partial charge in [-0.2, -0.15) is 9.90 Å². The first kappa shape index (κ1) is 15.5. The van der Waals surface area contributed by atoms with Crippen LogP contribution < -0.4 is 10.6 Å². The summed E-state index contributed by atoms with van der Waals surface area (Å²) in [7, 11) is 0. The number of hydrogen-bond acceptors (Lipinski definition) is 6. The molecule has 0 atom stereocenters. The predicted molar refractivity (Wildman–Crippen MR) is 92.1 cm³/mol. The number of carbonyl (C=O) groups is 2. The fourth-order valence-corrected chi connectivity index (χ4v) is 3.43. The van der Waals surface area contributed by atoms with Crippen molar-refractivity contribution in [2.75, 3.05) is 11.9 Å². The number of hydrogen-bond donors (Lipinski definition) is 2. The molecule has 0 bridgehead atoms. The normalized spacial score (nSPS) is 13.7. The smallest absolute Gasteiger partial charge is 0.279 e. The summed E-state index contributed by atoms with van der Waals surface area (Å²) in [5, 5.41) is 14.2. The van der Waals surface area contributed by atoms with Crippen LogP contribution in [0.2, 0.25) is 0 Å². The van der Waals surface area contributed by atoms with E-state index in [9.17, 15) is 9.59 Å². The van der Waals surface area contributed by atoms with E-state index in [0.717, 1.165) is 17.8 Å². The molecule has 0 saturated carbocycles. The van der Waals surface area contributed by atoms with Crippen LogP contribution in [0.15, 0.2) is 36.5 Å². The van der Waals surface area contributed by atoms with E-state index in [1.807, 2.05) is 30.3 Å². The number of thiazole rings is 1. The number of para-hydroxylation sites is 1. The van der Waals surface area contributed by atoms with Gasteiger partial charge in [0, 0.05) is 6.54 Å². The van der Waals surface area contributed by atoms with E-state index in [0.29, 0.717) is 23.0 Å². The highest BCUT2D eigenvalue weighted by Crippen LogP contribution is 2.25. The van der Waals surface area contributed by atoms with Gasteiger partial charge in [0.2, 0.25) is 0 Å². The van der Waals surface area contributed by atoms with Crippen molar-refractivity contribution in [3.05, 3.63) is 52.8 Å². The number of rotatable bonds is 3. The Balaban J connectivity index is 1.52. The van der Waals surface area contributed by atoms with Crippen molar-refractivity contribution in [3.8, 4) is 5.69 Å². The summed E-state index contributed by atoms with van der Waals surface area (Å²) in [5.74, 6) is -0.549. The maximum absolute atomic E-state index is 12.4. The fourth-order valence-electron chi connectivity index (χ4n) is 2.50. The van der Waals surface area contributed by atoms with Crippen molar-refractivity contribution < 1.29 is 9.59 Å². The van der Waals surface area contributed by atoms with Gasteiger partial charge in [-0.1, -0.05) is 29.5 Å². The lowest BCUT2D eigenvalue weighted by Gasteiger charge is -1.99. The van der Waals surface area contributed by atoms with Crippen LogP contribution in [-0.4, -0.2) is 38.3 Å². The van der Waals surface area contributed by atoms with E-state index in [2.05, 4.69) is 25.8 Å². The molecule has 25 heavy (non-hydrogen) atoms. The second kappa shape index (κ2) is 6.44. The Morgan fingerprint density at radius 2 is 2.12 bits per heavy atom. The fraction of sp³-hybridized carbons (Fsp3) is 0.188. The Kier molecular flexibility index (Phi) is 3.98. The van der Waals surface area contributed by atoms with Gasteiger partial charge in [0.25, 0.3) is 11.8 Å². The first-order chi connectivity index (χ1) is 12.2. The Labute approximate surface area is 146 Å². The summed E-state index contributed by atoms with van der Waals surface area (Å²) >= 11 is 1.17. The van der Waals surface area contributed by atoms with Gasteiger partial charge in [-0.25, -0.2) is 4.98 Å². The summed E-state index contributed by atoms with van der Waals surface area (Å²) in [4.78, 5) is 30.6. The quantitative estimate of drug-likeness (QED) is 0.745. The molecule has 0 aliphatic carbocycles. The molecule has 0 saturated heterocycles. The molecular weight excluding hydrogens is 340 g/mol. The number of nitrogens with one attached hydrogen (secondary N) is 2. The monoisotopic (exact) mass is 354 g/mol. The molecule has 0 fully saturated rings. The third-order valence-corrected chi connectivity index (χ3v) is 4.72. The molecule has 2 aromatic heterocycles. The number of carbonyl (C=O) groups excluding carboxylic acids is 2. The summed E-state index contributed by atoms with van der Waals surface area (Å²) in [5.41, 5.74) is 1.67. The molecule has 8 nitrogen and oxygen atoms in total. The van der Waals surface area contributed by atoms with Crippen LogP contribution in [0.4, 0.5) is 5.13 Å². The molecule has 1 aromatic carbocycles. The Morgan fingerprint density at radius 1 is 1.28 bits per heavy atom. The Morgan fingerprint density at radius 3 is 2.96 bits per heavy atom. The van der Waals surface area contributed by atoms with Crippen molar-refractivity contribution in [2.24, 2.45) is 0 Å². The van der Waals surface area contributed by atoms with Crippen LogP contribution in [0.1, 0.15) is 32.3 Å². The van der Waals surface area contributed by atoms with Crippen LogP contribution in [0.25, 0.3) is 5.69 Å². The third kappa shape index (κ3) is 3.13. The van der Waals surface area contributed by atoms with Gasteiger partial charge in [-0.15, -0.1) is 5.10 Å². The maximum Gasteiger partial charge on any atom is 0.279 e. The summed E-state index contributed by atoms with van der Waals surface area (Å²) < 4.78 is 0. The van der Waals surface area contributed by atoms with Crippen LogP contribution in [0, 0.1) is 0 Å². The SMILES string of the molecule is O=C(Nc1nc2c(s1)C(=O)NCCC2)c1cnn(-c2ccccc2)n1. The van der Waals surface area contributed by atoms with Crippen molar-refractivity contribution >= 4 is 28.3 Å². The summed E-state index contributed by atoms with van der Waals surface area (Å²) in [6.07, 6.45) is 2.94. The van der Waals surface area contributed by atoms with E-state index >= 15 is 0 Å². The lowest BCUT2D eigenvalue weighted by Crippen LogP contribution is -2.21. The first-order valence-corrected chi connectivity index (χ1v) is 8.59. The number of aromatic nitrogens is 4. The molecule has 0 spiro atoms. The summed E-state index contributed by atoms with van der Waals surface area (Å²) in [6, 6.07) is 9.32. The van der Waals surface area contributed by atoms with Crippen molar-refractivity contribution in [1.82, 2.24) is 25.3 Å². The first-order valence-electron chi connectivity index (χ1n) is 7.78. The maximum atomic E-state index is 12.4. The number of fused-ring (bicyclic) bond motifs is 1. The van der Waals surface area contributed by atoms with Gasteiger partial charge < -0.3 is 5.32 Å². The highest BCUT2D eigenvalue weighted by atomic mass is 32.1. The predicted octanol–water partition coefficient (Wildman–Crippen LogP) is 1.65. The van der Waals surface area contributed by atoms with Crippen LogP contribution in [0.5, 0.6) is 0 Å². The van der Waals surface area contributed by atoms with Crippen LogP contribution in [0.3, 0.4) is 0 Å². The van der Waals surface area contributed by atoms with Crippen LogP contribution in [-0.2, 0) is 6.42 Å². The lowest BCUT2D eigenvalue weighted by molar-refractivity contribution is 0.0958. The minimum absolute atomic E-state index is 0.138. The minimum atomic E-state index is -0.411. The molecular formula is C16H14N6O2S. The Hall–Kier alpha value is -3.07. The Bertz CT molecular complexity index is 933. The molecule has 3 aromatic rings. The number of nitrogens with zero attached hydrogens (tertiary/aromatic N) is 4. The molecule has 2 amide bonds. The minimum Gasteiger partial charge on any atom is -0.351 e. The molecule has 2 N–H and O–H groups in total. The van der Waals surface area contributed by atoms with E-state index in [1.54, 1.807) is 0 Å². The molecule has 0 radical (unpaired) electrons. The zero-order chi connectivity index (χ0) is 17.2. The van der Waals surface area contributed by atoms with Gasteiger partial charge in [0.1, 0.15) is 4.88 Å². The van der Waals surface area contributed by atoms with Gasteiger partial charge in [0.05, 0.1) is 17.6 Å². The topological polar surface area (TPSA) is 102 Å². The number of amides is 2. The van der Waals surface area contributed by atoms with Crippen molar-refractivity contribution in [3.63, 3.8) is 0 Å². The zero-order valence-corrected chi connectivity index (χ0v) is 13.9. The standard InChI is InChI=1S/C16H14N6O2S/c23-14(12-9-18-22(21-12)10-5-2-1-3-6-10)20-16-19-11-7-4-8-17-15(24)13(11)25-16/h1-3,5-6,9H,4,7-8H2,(H,17,24)(H,19,20,23). The van der Waals surface area contributed by atoms with Crippen LogP contribution >= 0.6 is 11.3 Å². The van der Waals surface area contributed by atoms with Crippen molar-refractivity contribution in [1.29, 1.82) is 0 Å². The largest absolute Gasteiger partial charge is 0.351 e. The average Bonchev–Trinajstić information content (AvgIpc) is 3.23. The molecule has 9 heteroatoms. The number of anilines is 1. The molecule has 1 aliphatic rings. The lowest BCUT2D eigenvalue weighted by atomic mass is 10.2. The van der Waals surface area contributed by atoms with Gasteiger partial charge in [0.15, 0.2) is 10.8 Å². The van der Waals surface area contributed by atoms with E-state index in [1.165, 1.54) is 22.3 Å². The van der Waals surface area contributed by atoms with Crippen molar-refractivity contribution in [2.45, 2.75) is 12.8 Å². The molecule has 0 unspecified atom stereocenters. The third-order valence-electron chi connectivity index (χ3n) is 3.71. The van der Waals surface area contributed by atoms with Gasteiger partial charge in [-0.3, -0.25) is 14.9 Å². The van der Waals surface area contributed by atoms with Gasteiger partial charge in [-0.05, 0) is 25.0 Å². The van der Waals surface area contributed by atoms with Gasteiger partial charge >= 0.3 is 0 Å². The average molecular weight is 354 g/mol. The second-order valence-corrected chi connectivity index (χ2v) is 6.46. The van der Waals surface area contributed by atoms with E-state index in [4.69, 9.17) is 0 Å². The molecule has 126 valence electrons. The number of aryl methyl sites for hydroxylation is 1. The number of benzene rings is 1. The van der Waals surface area contributed by atoms with E-state index < -0.39 is 5.91 Å². The summed E-state index contributed by atoms with van der Waals surface area (Å²) in [6.45, 7) is 0.645. The molecule has 1 aliphatic heterocycles. The highest BCUT2D eigenvalue weighted by Gasteiger charge is 2.22. The zero-order valence-electron chi connectivity index (χ0n) is 13.1.